The summed E-state index contributed by atoms with van der Waals surface area (Å²) in [6.45, 7) is 1.42. The van der Waals surface area contributed by atoms with E-state index in [1.807, 2.05) is 16.7 Å². The van der Waals surface area contributed by atoms with Gasteiger partial charge >= 0.3 is 0 Å². The third-order valence-electron chi connectivity index (χ3n) is 4.85. The highest BCUT2D eigenvalue weighted by molar-refractivity contribution is 7.99. The van der Waals surface area contributed by atoms with Crippen molar-refractivity contribution in [1.29, 1.82) is 0 Å². The first kappa shape index (κ1) is 17.9. The number of hydrogen-bond donors (Lipinski definition) is 0. The normalized spacial score (nSPS) is 22.7. The van der Waals surface area contributed by atoms with Crippen molar-refractivity contribution in [1.82, 2.24) is 9.88 Å². The van der Waals surface area contributed by atoms with E-state index in [1.165, 1.54) is 17.4 Å². The Labute approximate surface area is 160 Å². The summed E-state index contributed by atoms with van der Waals surface area (Å²) < 4.78 is 19.8. The van der Waals surface area contributed by atoms with Gasteiger partial charge in [0, 0.05) is 30.5 Å². The number of rotatable bonds is 5. The maximum absolute atomic E-state index is 14.0. The SMILES string of the molecule is O=C(c1cnc(-c2ccccc2F)s1)N(C[C@@H]1CCCO1)[C@@H]1CCSC1. The summed E-state index contributed by atoms with van der Waals surface area (Å²) in [6.07, 6.45) is 4.79. The quantitative estimate of drug-likeness (QED) is 0.769. The summed E-state index contributed by atoms with van der Waals surface area (Å²) in [7, 11) is 0. The Hall–Kier alpha value is -1.44. The average Bonchev–Trinajstić information content (AvgIpc) is 3.41. The second-order valence-corrected chi connectivity index (χ2v) is 8.80. The first-order valence-electron chi connectivity index (χ1n) is 8.93. The van der Waals surface area contributed by atoms with Crippen molar-refractivity contribution in [3.63, 3.8) is 0 Å². The molecule has 2 aromatic rings. The number of halogens is 1. The number of benzene rings is 1. The smallest absolute Gasteiger partial charge is 0.265 e. The van der Waals surface area contributed by atoms with Crippen LogP contribution >= 0.6 is 23.1 Å². The number of ether oxygens (including phenoxy) is 1. The number of hydrogen-bond acceptors (Lipinski definition) is 5. The molecule has 4 rings (SSSR count). The van der Waals surface area contributed by atoms with Crippen LogP contribution < -0.4 is 0 Å². The van der Waals surface area contributed by atoms with Gasteiger partial charge in [0.05, 0.1) is 12.3 Å². The number of thioether (sulfide) groups is 1. The van der Waals surface area contributed by atoms with Crippen molar-refractivity contribution in [2.24, 2.45) is 0 Å². The first-order chi connectivity index (χ1) is 12.7. The van der Waals surface area contributed by atoms with E-state index in [0.29, 0.717) is 22.0 Å². The third-order valence-corrected chi connectivity index (χ3v) is 7.02. The van der Waals surface area contributed by atoms with Crippen LogP contribution in [0.2, 0.25) is 0 Å². The molecule has 1 amide bonds. The van der Waals surface area contributed by atoms with Gasteiger partial charge in [-0.2, -0.15) is 11.8 Å². The van der Waals surface area contributed by atoms with E-state index in [-0.39, 0.29) is 23.9 Å². The van der Waals surface area contributed by atoms with Gasteiger partial charge < -0.3 is 9.64 Å². The number of carbonyl (C=O) groups is 1. The molecule has 26 heavy (non-hydrogen) atoms. The lowest BCUT2D eigenvalue weighted by atomic mass is 10.1. The Bertz CT molecular complexity index is 770. The molecule has 2 fully saturated rings. The molecule has 1 aromatic heterocycles. The maximum atomic E-state index is 14.0. The van der Waals surface area contributed by atoms with Crippen LogP contribution in [0.4, 0.5) is 4.39 Å². The second-order valence-electron chi connectivity index (χ2n) is 6.62. The lowest BCUT2D eigenvalue weighted by Gasteiger charge is -2.30. The van der Waals surface area contributed by atoms with Gasteiger partial charge in [-0.05, 0) is 37.1 Å². The Morgan fingerprint density at radius 1 is 1.35 bits per heavy atom. The maximum Gasteiger partial charge on any atom is 0.265 e. The van der Waals surface area contributed by atoms with Crippen LogP contribution in [0.3, 0.4) is 0 Å². The van der Waals surface area contributed by atoms with E-state index < -0.39 is 0 Å². The summed E-state index contributed by atoms with van der Waals surface area (Å²) in [5, 5.41) is 0.546. The minimum atomic E-state index is -0.316. The van der Waals surface area contributed by atoms with Crippen molar-refractivity contribution < 1.29 is 13.9 Å². The second kappa shape index (κ2) is 8.06. The van der Waals surface area contributed by atoms with Crippen molar-refractivity contribution in [3.05, 3.63) is 41.2 Å². The molecule has 0 radical (unpaired) electrons. The van der Waals surface area contributed by atoms with Crippen LogP contribution in [-0.4, -0.2) is 52.6 Å². The van der Waals surface area contributed by atoms with E-state index in [0.717, 1.165) is 37.4 Å². The lowest BCUT2D eigenvalue weighted by Crippen LogP contribution is -2.44. The Balaban J connectivity index is 1.56. The molecule has 2 aliphatic heterocycles. The topological polar surface area (TPSA) is 42.4 Å². The predicted octanol–water partition coefficient (Wildman–Crippen LogP) is 4.08. The molecule has 0 unspecified atom stereocenters. The molecular weight excluding hydrogens is 371 g/mol. The Morgan fingerprint density at radius 3 is 2.96 bits per heavy atom. The number of thiazole rings is 1. The van der Waals surface area contributed by atoms with Gasteiger partial charge in [0.1, 0.15) is 15.7 Å². The molecule has 1 aromatic carbocycles. The molecule has 0 aliphatic carbocycles. The van der Waals surface area contributed by atoms with Crippen LogP contribution in [-0.2, 0) is 4.74 Å². The lowest BCUT2D eigenvalue weighted by molar-refractivity contribution is 0.0445. The van der Waals surface area contributed by atoms with Gasteiger partial charge in [0.15, 0.2) is 0 Å². The zero-order valence-corrected chi connectivity index (χ0v) is 16.0. The van der Waals surface area contributed by atoms with Crippen LogP contribution in [0.5, 0.6) is 0 Å². The molecule has 2 saturated heterocycles. The van der Waals surface area contributed by atoms with E-state index in [2.05, 4.69) is 4.98 Å². The predicted molar refractivity (Wildman–Crippen MR) is 103 cm³/mol. The van der Waals surface area contributed by atoms with Crippen molar-refractivity contribution in [2.45, 2.75) is 31.4 Å². The number of nitrogens with zero attached hydrogens (tertiary/aromatic N) is 2. The minimum absolute atomic E-state index is 0.00640. The fourth-order valence-electron chi connectivity index (χ4n) is 3.45. The average molecular weight is 393 g/mol. The van der Waals surface area contributed by atoms with Gasteiger partial charge in [-0.3, -0.25) is 4.79 Å². The molecule has 0 saturated carbocycles. The Kier molecular flexibility index (Phi) is 5.57. The van der Waals surface area contributed by atoms with E-state index in [9.17, 15) is 9.18 Å². The molecule has 0 N–H and O–H groups in total. The molecule has 2 aliphatic rings. The monoisotopic (exact) mass is 392 g/mol. The molecule has 2 atom stereocenters. The molecule has 138 valence electrons. The van der Waals surface area contributed by atoms with Gasteiger partial charge in [-0.25, -0.2) is 9.37 Å². The summed E-state index contributed by atoms with van der Waals surface area (Å²) in [5.74, 6) is 1.73. The van der Waals surface area contributed by atoms with Crippen LogP contribution in [0.15, 0.2) is 30.5 Å². The summed E-state index contributed by atoms with van der Waals surface area (Å²) in [4.78, 5) is 20.0. The fourth-order valence-corrected chi connectivity index (χ4v) is 5.57. The molecule has 3 heterocycles. The Morgan fingerprint density at radius 2 is 2.23 bits per heavy atom. The van der Waals surface area contributed by atoms with Gasteiger partial charge in [0.2, 0.25) is 0 Å². The van der Waals surface area contributed by atoms with E-state index in [4.69, 9.17) is 4.74 Å². The van der Waals surface area contributed by atoms with Gasteiger partial charge in [-0.1, -0.05) is 12.1 Å². The highest BCUT2D eigenvalue weighted by atomic mass is 32.2. The highest BCUT2D eigenvalue weighted by Gasteiger charge is 2.32. The third kappa shape index (κ3) is 3.80. The van der Waals surface area contributed by atoms with Crippen LogP contribution in [0, 0.1) is 5.82 Å². The van der Waals surface area contributed by atoms with Crippen LogP contribution in [0.1, 0.15) is 28.9 Å². The van der Waals surface area contributed by atoms with Gasteiger partial charge in [-0.15, -0.1) is 11.3 Å². The van der Waals surface area contributed by atoms with Crippen molar-refractivity contribution >= 4 is 29.0 Å². The number of aromatic nitrogens is 1. The summed E-state index contributed by atoms with van der Waals surface area (Å²) >= 11 is 3.15. The van der Waals surface area contributed by atoms with Crippen molar-refractivity contribution in [2.75, 3.05) is 24.7 Å². The van der Waals surface area contributed by atoms with Crippen molar-refractivity contribution in [3.8, 4) is 10.6 Å². The first-order valence-corrected chi connectivity index (χ1v) is 10.9. The zero-order chi connectivity index (χ0) is 17.9. The van der Waals surface area contributed by atoms with E-state index in [1.54, 1.807) is 24.4 Å². The molecule has 4 nitrogen and oxygen atoms in total. The largest absolute Gasteiger partial charge is 0.376 e. The van der Waals surface area contributed by atoms with Crippen LogP contribution in [0.25, 0.3) is 10.6 Å². The zero-order valence-electron chi connectivity index (χ0n) is 14.4. The number of carbonyl (C=O) groups excluding carboxylic acids is 1. The standard InChI is InChI=1S/C19H21FN2O2S2/c20-16-6-2-1-5-15(16)18-21-10-17(26-18)19(23)22(13-7-9-25-12-13)11-14-4-3-8-24-14/h1-2,5-6,10,13-14H,3-4,7-9,11-12H2/t13-,14+/m1/s1. The van der Waals surface area contributed by atoms with Gasteiger partial charge in [0.25, 0.3) is 5.91 Å². The fraction of sp³-hybridized carbons (Fsp3) is 0.474. The minimum Gasteiger partial charge on any atom is -0.376 e. The summed E-state index contributed by atoms with van der Waals surface area (Å²) in [5.41, 5.74) is 0.443. The molecule has 0 bridgehead atoms. The number of amides is 1. The molecular formula is C19H21FN2O2S2. The van der Waals surface area contributed by atoms with E-state index >= 15 is 0 Å². The molecule has 0 spiro atoms. The summed E-state index contributed by atoms with van der Waals surface area (Å²) in [6, 6.07) is 6.79. The highest BCUT2D eigenvalue weighted by Crippen LogP contribution is 2.30. The molecule has 7 heteroatoms.